The second-order valence-electron chi connectivity index (χ2n) is 7.37. The van der Waals surface area contributed by atoms with E-state index < -0.39 is 35.8 Å². The Kier molecular flexibility index (Phi) is 5.77. The predicted octanol–water partition coefficient (Wildman–Crippen LogP) is 2.05. The molecule has 3 rings (SSSR count). The highest BCUT2D eigenvalue weighted by atomic mass is 19.1. The number of piperidine rings is 1. The molecule has 1 atom stereocenters. The third-order valence-corrected chi connectivity index (χ3v) is 5.72. The number of nitrogens with zero attached hydrogens (tertiary/aromatic N) is 1. The van der Waals surface area contributed by atoms with Crippen LogP contribution in [0.5, 0.6) is 0 Å². The van der Waals surface area contributed by atoms with Gasteiger partial charge in [0.2, 0.25) is 5.91 Å². The van der Waals surface area contributed by atoms with Gasteiger partial charge in [-0.25, -0.2) is 4.39 Å². The normalized spacial score (nSPS) is 21.7. The van der Waals surface area contributed by atoms with Crippen LogP contribution in [0.3, 0.4) is 0 Å². The molecule has 7 heteroatoms. The molecule has 2 N–H and O–H groups in total. The van der Waals surface area contributed by atoms with E-state index in [0.29, 0.717) is 31.4 Å². The van der Waals surface area contributed by atoms with Crippen molar-refractivity contribution in [2.45, 2.75) is 56.4 Å². The zero-order chi connectivity index (χ0) is 19.4. The summed E-state index contributed by atoms with van der Waals surface area (Å²) in [4.78, 5) is 38.4. The number of nitrogens with two attached hydrogens (primary N) is 1. The van der Waals surface area contributed by atoms with Crippen molar-refractivity contribution in [3.05, 3.63) is 35.6 Å². The minimum absolute atomic E-state index is 0.363. The Labute approximate surface area is 157 Å². The lowest BCUT2D eigenvalue weighted by atomic mass is 9.79. The highest BCUT2D eigenvalue weighted by molar-refractivity contribution is 5.89. The Morgan fingerprint density at radius 2 is 1.78 bits per heavy atom. The first kappa shape index (κ1) is 19.3. The number of ether oxygens (including phenoxy) is 1. The van der Waals surface area contributed by atoms with Gasteiger partial charge in [0.05, 0.1) is 5.41 Å². The lowest BCUT2D eigenvalue weighted by Crippen LogP contribution is -2.52. The van der Waals surface area contributed by atoms with E-state index in [4.69, 9.17) is 10.5 Å². The summed E-state index contributed by atoms with van der Waals surface area (Å²) in [5.74, 6) is -1.77. The number of hydrogen-bond donors (Lipinski definition) is 1. The quantitative estimate of drug-likeness (QED) is 0.797. The molecule has 0 radical (unpaired) electrons. The molecule has 2 amide bonds. The van der Waals surface area contributed by atoms with E-state index in [1.54, 1.807) is 12.1 Å². The smallest absolute Gasteiger partial charge is 0.317 e. The Bertz CT molecular complexity index is 713. The van der Waals surface area contributed by atoms with Crippen LogP contribution in [0, 0.1) is 5.82 Å². The van der Waals surface area contributed by atoms with E-state index in [0.717, 1.165) is 25.7 Å². The lowest BCUT2D eigenvalue weighted by molar-refractivity contribution is -0.159. The van der Waals surface area contributed by atoms with Crippen LogP contribution in [-0.4, -0.2) is 41.9 Å². The number of halogens is 1. The van der Waals surface area contributed by atoms with Crippen LogP contribution in [0.1, 0.15) is 50.5 Å². The monoisotopic (exact) mass is 376 g/mol. The minimum atomic E-state index is -0.834. The first-order valence-electron chi connectivity index (χ1n) is 9.46. The number of likely N-dealkylation sites (tertiary alicyclic amines) is 1. The van der Waals surface area contributed by atoms with Crippen LogP contribution in [0.4, 0.5) is 4.39 Å². The van der Waals surface area contributed by atoms with Crippen LogP contribution < -0.4 is 5.73 Å². The Hall–Kier alpha value is -2.44. The van der Waals surface area contributed by atoms with Crippen molar-refractivity contribution in [3.63, 3.8) is 0 Å². The van der Waals surface area contributed by atoms with E-state index in [-0.39, 0.29) is 5.82 Å². The van der Waals surface area contributed by atoms with Crippen LogP contribution in [0.15, 0.2) is 24.3 Å². The molecule has 27 heavy (non-hydrogen) atoms. The summed E-state index contributed by atoms with van der Waals surface area (Å²) in [6.07, 6.45) is 5.13. The molecule has 1 aromatic carbocycles. The number of esters is 1. The maximum atomic E-state index is 13.3. The van der Waals surface area contributed by atoms with E-state index >= 15 is 0 Å². The third kappa shape index (κ3) is 3.96. The van der Waals surface area contributed by atoms with Gasteiger partial charge in [0.25, 0.3) is 5.91 Å². The lowest BCUT2D eigenvalue weighted by Gasteiger charge is -2.34. The number of carbonyl (C=O) groups excluding carboxylic acids is 3. The Morgan fingerprint density at radius 1 is 1.11 bits per heavy atom. The van der Waals surface area contributed by atoms with Gasteiger partial charge in [-0.1, -0.05) is 25.0 Å². The summed E-state index contributed by atoms with van der Waals surface area (Å²) in [7, 11) is 0. The second kappa shape index (κ2) is 8.06. The van der Waals surface area contributed by atoms with Crippen molar-refractivity contribution >= 4 is 17.8 Å². The van der Waals surface area contributed by atoms with Gasteiger partial charge in [0, 0.05) is 6.54 Å². The molecule has 146 valence electrons. The zero-order valence-electron chi connectivity index (χ0n) is 15.3. The fourth-order valence-corrected chi connectivity index (χ4v) is 4.23. The van der Waals surface area contributed by atoms with Crippen molar-refractivity contribution in [3.8, 4) is 0 Å². The molecule has 0 spiro atoms. The molecule has 1 aliphatic carbocycles. The summed E-state index contributed by atoms with van der Waals surface area (Å²) in [6, 6.07) is 5.25. The summed E-state index contributed by atoms with van der Waals surface area (Å²) < 4.78 is 18.6. The highest BCUT2D eigenvalue weighted by Crippen LogP contribution is 2.42. The summed E-state index contributed by atoms with van der Waals surface area (Å²) in [5, 5.41) is 0. The van der Waals surface area contributed by atoms with E-state index in [2.05, 4.69) is 0 Å². The summed E-state index contributed by atoms with van der Waals surface area (Å²) in [5.41, 5.74) is 5.27. The standard InChI is InChI=1S/C20H25FN2O4/c21-15-8-6-14(7-9-15)20(10-2-3-11-20)19(26)27-13-17(24)23-12-4-1-5-16(23)18(22)25/h6-9,16H,1-5,10-13H2,(H2,22,25)/t16-/m0/s1. The number of benzene rings is 1. The first-order valence-corrected chi connectivity index (χ1v) is 9.46. The molecule has 2 aliphatic rings. The van der Waals surface area contributed by atoms with Crippen molar-refractivity contribution in [1.82, 2.24) is 4.90 Å². The number of amides is 2. The number of hydrogen-bond acceptors (Lipinski definition) is 4. The van der Waals surface area contributed by atoms with Gasteiger partial charge in [-0.05, 0) is 49.8 Å². The molecule has 1 heterocycles. The van der Waals surface area contributed by atoms with Crippen molar-refractivity contribution in [1.29, 1.82) is 0 Å². The highest BCUT2D eigenvalue weighted by Gasteiger charge is 2.44. The SMILES string of the molecule is NC(=O)[C@@H]1CCCCN1C(=O)COC(=O)C1(c2ccc(F)cc2)CCCC1. The third-order valence-electron chi connectivity index (χ3n) is 5.72. The number of primary amides is 1. The van der Waals surface area contributed by atoms with Crippen LogP contribution in [0.2, 0.25) is 0 Å². The van der Waals surface area contributed by atoms with Crippen molar-refractivity contribution in [2.75, 3.05) is 13.2 Å². The average molecular weight is 376 g/mol. The van der Waals surface area contributed by atoms with Gasteiger partial charge in [-0.2, -0.15) is 0 Å². The molecule has 0 unspecified atom stereocenters. The molecule has 0 aromatic heterocycles. The molecular weight excluding hydrogens is 351 g/mol. The molecular formula is C20H25FN2O4. The predicted molar refractivity (Wildman–Crippen MR) is 96.1 cm³/mol. The molecule has 2 fully saturated rings. The maximum absolute atomic E-state index is 13.3. The molecule has 1 aliphatic heterocycles. The van der Waals surface area contributed by atoms with Gasteiger partial charge in [-0.15, -0.1) is 0 Å². The van der Waals surface area contributed by atoms with Crippen LogP contribution >= 0.6 is 0 Å². The largest absolute Gasteiger partial charge is 0.455 e. The molecule has 1 aromatic rings. The average Bonchev–Trinajstić information content (AvgIpc) is 3.17. The Balaban J connectivity index is 1.68. The maximum Gasteiger partial charge on any atom is 0.317 e. The molecule has 1 saturated heterocycles. The van der Waals surface area contributed by atoms with Gasteiger partial charge in [-0.3, -0.25) is 14.4 Å². The fourth-order valence-electron chi connectivity index (χ4n) is 4.23. The van der Waals surface area contributed by atoms with Crippen molar-refractivity contribution in [2.24, 2.45) is 5.73 Å². The van der Waals surface area contributed by atoms with E-state index in [9.17, 15) is 18.8 Å². The van der Waals surface area contributed by atoms with E-state index in [1.165, 1.54) is 17.0 Å². The zero-order valence-corrected chi connectivity index (χ0v) is 15.3. The molecule has 0 bridgehead atoms. The van der Waals surface area contributed by atoms with Crippen LogP contribution in [-0.2, 0) is 24.5 Å². The van der Waals surface area contributed by atoms with Gasteiger partial charge in [0.1, 0.15) is 11.9 Å². The van der Waals surface area contributed by atoms with Gasteiger partial charge >= 0.3 is 5.97 Å². The first-order chi connectivity index (χ1) is 12.9. The Morgan fingerprint density at radius 3 is 2.41 bits per heavy atom. The van der Waals surface area contributed by atoms with E-state index in [1.807, 2.05) is 0 Å². The summed E-state index contributed by atoms with van der Waals surface area (Å²) in [6.45, 7) is 0.0264. The van der Waals surface area contributed by atoms with Crippen LogP contribution in [0.25, 0.3) is 0 Å². The topological polar surface area (TPSA) is 89.7 Å². The molecule has 6 nitrogen and oxygen atoms in total. The minimum Gasteiger partial charge on any atom is -0.455 e. The van der Waals surface area contributed by atoms with Gasteiger partial charge in [0.15, 0.2) is 6.61 Å². The van der Waals surface area contributed by atoms with Crippen molar-refractivity contribution < 1.29 is 23.5 Å². The second-order valence-corrected chi connectivity index (χ2v) is 7.37. The molecule has 1 saturated carbocycles. The number of carbonyl (C=O) groups is 3. The van der Waals surface area contributed by atoms with Gasteiger partial charge < -0.3 is 15.4 Å². The number of rotatable bonds is 5. The summed E-state index contributed by atoms with van der Waals surface area (Å²) >= 11 is 0. The fraction of sp³-hybridized carbons (Fsp3) is 0.550.